The summed E-state index contributed by atoms with van der Waals surface area (Å²) in [7, 11) is -2.34. The lowest BCUT2D eigenvalue weighted by Crippen LogP contribution is -2.41. The summed E-state index contributed by atoms with van der Waals surface area (Å²) in [5.74, 6) is -1.68. The number of methoxy groups -OCH3 is 1. The Morgan fingerprint density at radius 1 is 1.27 bits per heavy atom. The second-order valence-electron chi connectivity index (χ2n) is 7.16. The van der Waals surface area contributed by atoms with Crippen molar-refractivity contribution in [1.29, 1.82) is 0 Å². The molecule has 3 rings (SSSR count). The Morgan fingerprint density at radius 2 is 2.00 bits per heavy atom. The Hall–Kier alpha value is -3.58. The van der Waals surface area contributed by atoms with Crippen molar-refractivity contribution in [3.8, 4) is 5.75 Å². The molecule has 2 heterocycles. The monoisotopic (exact) mass is 478 g/mol. The number of hydrogen-bond donors (Lipinski definition) is 1. The Bertz CT molecular complexity index is 1130. The molecule has 1 N–H and O–H groups in total. The maximum Gasteiger partial charge on any atom is 0.309 e. The number of carbonyl (C=O) groups excluding carboxylic acids is 2. The van der Waals surface area contributed by atoms with E-state index in [1.54, 1.807) is 0 Å². The molecule has 1 aromatic carbocycles. The second kappa shape index (κ2) is 10.4. The lowest BCUT2D eigenvalue weighted by molar-refractivity contribution is -0.384. The van der Waals surface area contributed by atoms with Gasteiger partial charge in [0.05, 0.1) is 24.0 Å². The van der Waals surface area contributed by atoms with Crippen LogP contribution in [0.25, 0.3) is 0 Å². The number of sulfonamides is 1. The van der Waals surface area contributed by atoms with Crippen molar-refractivity contribution in [2.24, 2.45) is 5.92 Å². The number of anilines is 1. The lowest BCUT2D eigenvalue weighted by atomic mass is 9.98. The van der Waals surface area contributed by atoms with Crippen LogP contribution in [0.5, 0.6) is 5.75 Å². The standard InChI is InChI=1S/C20H22N4O8S/c1-31-15-4-5-17(18(11-15)24(27)28)22-19(25)13-32-20(26)14-6-9-23(10-7-14)33(29,30)16-3-2-8-21-12-16/h2-5,8,11-12,14H,6-7,9-10,13H2,1H3,(H,22,25). The number of nitrogens with one attached hydrogen (secondary N) is 1. The summed E-state index contributed by atoms with van der Waals surface area (Å²) in [6, 6.07) is 6.91. The predicted molar refractivity (Wildman–Crippen MR) is 115 cm³/mol. The Kier molecular flexibility index (Phi) is 7.55. The van der Waals surface area contributed by atoms with Gasteiger partial charge in [-0.1, -0.05) is 0 Å². The molecule has 176 valence electrons. The van der Waals surface area contributed by atoms with Crippen LogP contribution in [0.4, 0.5) is 11.4 Å². The van der Waals surface area contributed by atoms with Crippen LogP contribution in [0.3, 0.4) is 0 Å². The number of hydrogen-bond acceptors (Lipinski definition) is 9. The molecule has 12 nitrogen and oxygen atoms in total. The van der Waals surface area contributed by atoms with Crippen molar-refractivity contribution in [3.05, 3.63) is 52.8 Å². The number of nitrogens with zero attached hydrogens (tertiary/aromatic N) is 3. The van der Waals surface area contributed by atoms with E-state index < -0.39 is 39.3 Å². The van der Waals surface area contributed by atoms with Gasteiger partial charge < -0.3 is 14.8 Å². The minimum absolute atomic E-state index is 0.0595. The molecule has 1 aliphatic heterocycles. The molecule has 33 heavy (non-hydrogen) atoms. The van der Waals surface area contributed by atoms with Gasteiger partial charge in [0.2, 0.25) is 10.0 Å². The van der Waals surface area contributed by atoms with Crippen molar-refractivity contribution in [1.82, 2.24) is 9.29 Å². The van der Waals surface area contributed by atoms with E-state index in [1.807, 2.05) is 0 Å². The van der Waals surface area contributed by atoms with Crippen LogP contribution < -0.4 is 10.1 Å². The number of piperidine rings is 1. The van der Waals surface area contributed by atoms with Crippen LogP contribution in [0.1, 0.15) is 12.8 Å². The highest BCUT2D eigenvalue weighted by Crippen LogP contribution is 2.29. The highest BCUT2D eigenvalue weighted by Gasteiger charge is 2.33. The molecule has 0 saturated carbocycles. The third-order valence-corrected chi connectivity index (χ3v) is 6.96. The van der Waals surface area contributed by atoms with E-state index in [1.165, 1.54) is 48.1 Å². The van der Waals surface area contributed by atoms with E-state index in [9.17, 15) is 28.1 Å². The van der Waals surface area contributed by atoms with Crippen LogP contribution in [0.2, 0.25) is 0 Å². The van der Waals surface area contributed by atoms with E-state index >= 15 is 0 Å². The summed E-state index contributed by atoms with van der Waals surface area (Å²) < 4.78 is 36.5. The maximum absolute atomic E-state index is 12.6. The van der Waals surface area contributed by atoms with Gasteiger partial charge in [-0.2, -0.15) is 4.31 Å². The van der Waals surface area contributed by atoms with Gasteiger partial charge in [-0.15, -0.1) is 0 Å². The molecule has 0 unspecified atom stereocenters. The number of amides is 1. The zero-order valence-corrected chi connectivity index (χ0v) is 18.5. The first-order valence-corrected chi connectivity index (χ1v) is 11.4. The number of carbonyl (C=O) groups is 2. The summed E-state index contributed by atoms with van der Waals surface area (Å²) in [6.45, 7) is -0.376. The summed E-state index contributed by atoms with van der Waals surface area (Å²) in [6.07, 6.45) is 3.22. The third kappa shape index (κ3) is 5.81. The van der Waals surface area contributed by atoms with Gasteiger partial charge in [0.25, 0.3) is 11.6 Å². The quantitative estimate of drug-likeness (QED) is 0.338. The van der Waals surface area contributed by atoms with Gasteiger partial charge in [0, 0.05) is 25.5 Å². The van der Waals surface area contributed by atoms with Gasteiger partial charge >= 0.3 is 5.97 Å². The summed E-state index contributed by atoms with van der Waals surface area (Å²) in [5, 5.41) is 13.5. The number of rotatable bonds is 8. The first kappa shape index (κ1) is 24.1. The second-order valence-corrected chi connectivity index (χ2v) is 9.10. The summed E-state index contributed by atoms with van der Waals surface area (Å²) >= 11 is 0. The fraction of sp³-hybridized carbons (Fsp3) is 0.350. The number of esters is 1. The third-order valence-electron chi connectivity index (χ3n) is 5.08. The molecule has 1 amide bonds. The van der Waals surface area contributed by atoms with E-state index in [0.717, 1.165) is 6.07 Å². The molecule has 0 aliphatic carbocycles. The molecule has 1 saturated heterocycles. The average Bonchev–Trinajstić information content (AvgIpc) is 2.83. The van der Waals surface area contributed by atoms with E-state index in [0.29, 0.717) is 0 Å². The van der Waals surface area contributed by atoms with Crippen molar-refractivity contribution >= 4 is 33.3 Å². The van der Waals surface area contributed by atoms with Crippen LogP contribution in [0.15, 0.2) is 47.6 Å². The number of nitro benzene ring substituents is 1. The molecule has 0 atom stereocenters. The van der Waals surface area contributed by atoms with Gasteiger partial charge in [-0.25, -0.2) is 8.42 Å². The van der Waals surface area contributed by atoms with E-state index in [-0.39, 0.29) is 48.0 Å². The normalized spacial score (nSPS) is 14.9. The van der Waals surface area contributed by atoms with Gasteiger partial charge in [-0.3, -0.25) is 24.7 Å². The van der Waals surface area contributed by atoms with Crippen molar-refractivity contribution in [3.63, 3.8) is 0 Å². The number of aromatic nitrogens is 1. The molecule has 13 heteroatoms. The maximum atomic E-state index is 12.6. The summed E-state index contributed by atoms with van der Waals surface area (Å²) in [5.41, 5.74) is -0.424. The van der Waals surface area contributed by atoms with Crippen LogP contribution in [-0.2, 0) is 24.3 Å². The fourth-order valence-corrected chi connectivity index (χ4v) is 4.75. The topological polar surface area (TPSA) is 158 Å². The van der Waals surface area contributed by atoms with E-state index in [2.05, 4.69) is 10.3 Å². The van der Waals surface area contributed by atoms with E-state index in [4.69, 9.17) is 9.47 Å². The molecule has 2 aromatic rings. The van der Waals surface area contributed by atoms with Crippen LogP contribution >= 0.6 is 0 Å². The Morgan fingerprint density at radius 3 is 2.61 bits per heavy atom. The van der Waals surface area contributed by atoms with Gasteiger partial charge in [0.15, 0.2) is 6.61 Å². The SMILES string of the molecule is COc1ccc(NC(=O)COC(=O)C2CCN(S(=O)(=O)c3cccnc3)CC2)c([N+](=O)[O-])c1. The predicted octanol–water partition coefficient (Wildman–Crippen LogP) is 1.58. The zero-order valence-electron chi connectivity index (χ0n) is 17.7. The molecule has 1 fully saturated rings. The fourth-order valence-electron chi connectivity index (χ4n) is 3.32. The van der Waals surface area contributed by atoms with Crippen LogP contribution in [-0.4, -0.2) is 61.3 Å². The number of benzene rings is 1. The van der Waals surface area contributed by atoms with Crippen LogP contribution in [0, 0.1) is 16.0 Å². The largest absolute Gasteiger partial charge is 0.496 e. The minimum atomic E-state index is -3.70. The Balaban J connectivity index is 1.51. The number of pyridine rings is 1. The first-order valence-electron chi connectivity index (χ1n) is 9.91. The smallest absolute Gasteiger partial charge is 0.309 e. The molecule has 0 spiro atoms. The molecular weight excluding hydrogens is 456 g/mol. The molecule has 1 aliphatic rings. The molecule has 0 bridgehead atoms. The summed E-state index contributed by atoms with van der Waals surface area (Å²) in [4.78, 5) is 38.9. The average molecular weight is 478 g/mol. The van der Waals surface area contributed by atoms with Crippen molar-refractivity contribution < 1.29 is 32.4 Å². The van der Waals surface area contributed by atoms with Crippen molar-refractivity contribution in [2.45, 2.75) is 17.7 Å². The zero-order chi connectivity index (χ0) is 24.0. The van der Waals surface area contributed by atoms with Gasteiger partial charge in [-0.05, 0) is 37.1 Å². The minimum Gasteiger partial charge on any atom is -0.496 e. The Labute approximate surface area is 189 Å². The van der Waals surface area contributed by atoms with Gasteiger partial charge in [0.1, 0.15) is 16.3 Å². The number of ether oxygens (including phenoxy) is 2. The molecule has 0 radical (unpaired) electrons. The first-order chi connectivity index (χ1) is 15.7. The lowest BCUT2D eigenvalue weighted by Gasteiger charge is -2.29. The highest BCUT2D eigenvalue weighted by molar-refractivity contribution is 7.89. The number of nitro groups is 1. The van der Waals surface area contributed by atoms with Crippen molar-refractivity contribution in [2.75, 3.05) is 32.1 Å². The molecular formula is C20H22N4O8S. The molecule has 1 aromatic heterocycles. The highest BCUT2D eigenvalue weighted by atomic mass is 32.2.